The Hall–Kier alpha value is -2.46. The Kier molecular flexibility index (Phi) is 5.81. The number of pyridine rings is 1. The Morgan fingerprint density at radius 3 is 2.69 bits per heavy atom. The maximum atomic E-state index is 13.0. The molecule has 0 amide bonds. The van der Waals surface area contributed by atoms with Gasteiger partial charge in [-0.2, -0.15) is 18.2 Å². The summed E-state index contributed by atoms with van der Waals surface area (Å²) >= 11 is 0. The highest BCUT2D eigenvalue weighted by atomic mass is 19.4. The number of aromatic nitrogens is 3. The van der Waals surface area contributed by atoms with E-state index in [0.29, 0.717) is 38.1 Å². The highest BCUT2D eigenvalue weighted by molar-refractivity contribution is 5.55. The highest BCUT2D eigenvalue weighted by Gasteiger charge is 2.31. The molecule has 2 aromatic heterocycles. The molecule has 2 fully saturated rings. The van der Waals surface area contributed by atoms with E-state index in [0.717, 1.165) is 50.0 Å². The van der Waals surface area contributed by atoms with Gasteiger partial charge >= 0.3 is 6.18 Å². The van der Waals surface area contributed by atoms with E-state index >= 15 is 0 Å². The second kappa shape index (κ2) is 8.50. The van der Waals surface area contributed by atoms with Crippen LogP contribution in [0.4, 0.5) is 30.8 Å². The molecule has 1 unspecified atom stereocenters. The Labute approximate surface area is 166 Å². The zero-order valence-corrected chi connectivity index (χ0v) is 15.9. The molecule has 0 aromatic carbocycles. The zero-order chi connectivity index (χ0) is 20.3. The van der Waals surface area contributed by atoms with Gasteiger partial charge in [0.25, 0.3) is 0 Å². The van der Waals surface area contributed by atoms with Gasteiger partial charge in [-0.3, -0.25) is 0 Å². The predicted molar refractivity (Wildman–Crippen MR) is 102 cm³/mol. The van der Waals surface area contributed by atoms with Crippen LogP contribution in [0.3, 0.4) is 0 Å². The van der Waals surface area contributed by atoms with Crippen LogP contribution in [0.15, 0.2) is 24.4 Å². The third kappa shape index (κ3) is 4.94. The van der Waals surface area contributed by atoms with E-state index in [9.17, 15) is 13.2 Å². The molecule has 0 aliphatic carbocycles. The molecular formula is C19H23F3N6O. The zero-order valence-electron chi connectivity index (χ0n) is 15.9. The van der Waals surface area contributed by atoms with Gasteiger partial charge < -0.3 is 20.3 Å². The lowest BCUT2D eigenvalue weighted by Crippen LogP contribution is -2.38. The minimum Gasteiger partial charge on any atom is -0.378 e. The first-order chi connectivity index (χ1) is 14.0. The van der Waals surface area contributed by atoms with Crippen LogP contribution in [0, 0.1) is 0 Å². The normalized spacial score (nSPS) is 20.5. The second-order valence-electron chi connectivity index (χ2n) is 7.17. The van der Waals surface area contributed by atoms with Crippen molar-refractivity contribution in [2.45, 2.75) is 24.9 Å². The van der Waals surface area contributed by atoms with Gasteiger partial charge in [-0.05, 0) is 31.5 Å². The molecule has 1 atom stereocenters. The van der Waals surface area contributed by atoms with Gasteiger partial charge in [0.2, 0.25) is 5.95 Å². The predicted octanol–water partition coefficient (Wildman–Crippen LogP) is 2.94. The van der Waals surface area contributed by atoms with Crippen LogP contribution in [-0.2, 0) is 10.9 Å². The lowest BCUT2D eigenvalue weighted by atomic mass is 9.96. The molecule has 2 aliphatic rings. The average Bonchev–Trinajstić information content (AvgIpc) is 2.74. The molecule has 156 valence electrons. The quantitative estimate of drug-likeness (QED) is 0.806. The number of hydrogen-bond donors (Lipinski definition) is 2. The molecule has 2 N–H and O–H groups in total. The van der Waals surface area contributed by atoms with Crippen molar-refractivity contribution >= 4 is 17.6 Å². The summed E-state index contributed by atoms with van der Waals surface area (Å²) in [5.74, 6) is 1.33. The fourth-order valence-electron chi connectivity index (χ4n) is 3.54. The summed E-state index contributed by atoms with van der Waals surface area (Å²) in [7, 11) is 0. The molecular weight excluding hydrogens is 385 g/mol. The van der Waals surface area contributed by atoms with Crippen molar-refractivity contribution in [3.05, 3.63) is 35.7 Å². The largest absolute Gasteiger partial charge is 0.416 e. The van der Waals surface area contributed by atoms with E-state index in [4.69, 9.17) is 9.72 Å². The minimum atomic E-state index is -4.43. The van der Waals surface area contributed by atoms with Gasteiger partial charge in [0, 0.05) is 37.8 Å². The third-order valence-electron chi connectivity index (χ3n) is 5.09. The summed E-state index contributed by atoms with van der Waals surface area (Å²) in [4.78, 5) is 15.4. The lowest BCUT2D eigenvalue weighted by Gasteiger charge is -2.29. The Bertz CT molecular complexity index is 799. The van der Waals surface area contributed by atoms with Crippen LogP contribution >= 0.6 is 0 Å². The lowest BCUT2D eigenvalue weighted by molar-refractivity contribution is -0.137. The Morgan fingerprint density at radius 1 is 1.14 bits per heavy atom. The molecule has 0 saturated carbocycles. The number of alkyl halides is 3. The summed E-state index contributed by atoms with van der Waals surface area (Å²) in [5, 5.41) is 6.31. The number of ether oxygens (including phenoxy) is 1. The number of piperidine rings is 1. The summed E-state index contributed by atoms with van der Waals surface area (Å²) in [6.45, 7) is 4.34. The molecule has 4 heterocycles. The van der Waals surface area contributed by atoms with Gasteiger partial charge in [0.15, 0.2) is 0 Å². The van der Waals surface area contributed by atoms with Crippen LogP contribution in [0.1, 0.15) is 30.0 Å². The van der Waals surface area contributed by atoms with E-state index in [1.807, 2.05) is 11.0 Å². The van der Waals surface area contributed by atoms with Crippen molar-refractivity contribution < 1.29 is 17.9 Å². The third-order valence-corrected chi connectivity index (χ3v) is 5.09. The smallest absolute Gasteiger partial charge is 0.378 e. The first-order valence-corrected chi connectivity index (χ1v) is 9.72. The van der Waals surface area contributed by atoms with Crippen LogP contribution in [0.2, 0.25) is 0 Å². The molecule has 7 nitrogen and oxygen atoms in total. The second-order valence-corrected chi connectivity index (χ2v) is 7.17. The van der Waals surface area contributed by atoms with Crippen LogP contribution in [-0.4, -0.2) is 54.3 Å². The number of anilines is 3. The van der Waals surface area contributed by atoms with E-state index < -0.39 is 11.7 Å². The maximum absolute atomic E-state index is 13.0. The number of halogens is 3. The number of nitrogens with one attached hydrogen (secondary N) is 2. The van der Waals surface area contributed by atoms with E-state index in [2.05, 4.69) is 20.6 Å². The molecule has 0 radical (unpaired) electrons. The average molecular weight is 408 g/mol. The monoisotopic (exact) mass is 408 g/mol. The Morgan fingerprint density at radius 2 is 1.97 bits per heavy atom. The van der Waals surface area contributed by atoms with Crippen molar-refractivity contribution in [3.8, 4) is 0 Å². The van der Waals surface area contributed by atoms with Gasteiger partial charge in [0.1, 0.15) is 11.6 Å². The molecule has 10 heteroatoms. The highest BCUT2D eigenvalue weighted by Crippen LogP contribution is 2.31. The summed E-state index contributed by atoms with van der Waals surface area (Å²) in [6.07, 6.45) is -1.22. The molecule has 2 saturated heterocycles. The van der Waals surface area contributed by atoms with Crippen molar-refractivity contribution in [2.75, 3.05) is 49.6 Å². The van der Waals surface area contributed by atoms with Gasteiger partial charge in [0.05, 0.1) is 24.5 Å². The van der Waals surface area contributed by atoms with Crippen LogP contribution < -0.4 is 15.5 Å². The summed E-state index contributed by atoms with van der Waals surface area (Å²) in [5.41, 5.74) is 0.123. The fourth-order valence-corrected chi connectivity index (χ4v) is 3.54. The molecule has 4 rings (SSSR count). The van der Waals surface area contributed by atoms with Gasteiger partial charge in [-0.25, -0.2) is 9.97 Å². The minimum absolute atomic E-state index is 0.0965. The number of hydrogen-bond acceptors (Lipinski definition) is 7. The van der Waals surface area contributed by atoms with Gasteiger partial charge in [-0.1, -0.05) is 0 Å². The first kappa shape index (κ1) is 19.8. The van der Waals surface area contributed by atoms with Crippen LogP contribution in [0.5, 0.6) is 0 Å². The topological polar surface area (TPSA) is 75.2 Å². The van der Waals surface area contributed by atoms with E-state index in [1.165, 1.54) is 0 Å². The standard InChI is InChI=1S/C19H23F3N6O/c20-19(21,22)14-3-5-24-16(10-14)26-17-11-15(13-2-1-4-23-12-13)25-18(27-17)28-6-8-29-9-7-28/h3,5,10-11,13,23H,1-2,4,6-9,12H2,(H,24,25,26,27). The number of nitrogens with zero attached hydrogens (tertiary/aromatic N) is 4. The molecule has 2 aliphatic heterocycles. The number of morpholine rings is 1. The maximum Gasteiger partial charge on any atom is 0.416 e. The van der Waals surface area contributed by atoms with Crippen molar-refractivity contribution in [1.29, 1.82) is 0 Å². The molecule has 0 bridgehead atoms. The van der Waals surface area contributed by atoms with Crippen molar-refractivity contribution in [2.24, 2.45) is 0 Å². The number of rotatable bonds is 4. The molecule has 0 spiro atoms. The SMILES string of the molecule is FC(F)(F)c1ccnc(Nc2cc(C3CCCNC3)nc(N3CCOCC3)n2)c1. The molecule has 2 aromatic rings. The fraction of sp³-hybridized carbons (Fsp3) is 0.526. The summed E-state index contributed by atoms with van der Waals surface area (Å²) < 4.78 is 44.4. The molecule has 29 heavy (non-hydrogen) atoms. The Balaban J connectivity index is 1.64. The van der Waals surface area contributed by atoms with Crippen molar-refractivity contribution in [1.82, 2.24) is 20.3 Å². The van der Waals surface area contributed by atoms with Crippen LogP contribution in [0.25, 0.3) is 0 Å². The van der Waals surface area contributed by atoms with Crippen molar-refractivity contribution in [3.63, 3.8) is 0 Å². The van der Waals surface area contributed by atoms with E-state index in [1.54, 1.807) is 0 Å². The van der Waals surface area contributed by atoms with E-state index in [-0.39, 0.29) is 11.7 Å². The first-order valence-electron chi connectivity index (χ1n) is 9.72. The van der Waals surface area contributed by atoms with Gasteiger partial charge in [-0.15, -0.1) is 0 Å². The summed E-state index contributed by atoms with van der Waals surface area (Å²) in [6, 6.07) is 3.74.